The predicted octanol–water partition coefficient (Wildman–Crippen LogP) is 5.50. The third kappa shape index (κ3) is 3.71. The fraction of sp³-hybridized carbons (Fsp3) is 0.542. The third-order valence-corrected chi connectivity index (χ3v) is 11.8. The summed E-state index contributed by atoms with van der Waals surface area (Å²) in [5.41, 5.74) is 2.27. The second-order valence-corrected chi connectivity index (χ2v) is 16.7. The first kappa shape index (κ1) is 23.9. The van der Waals surface area contributed by atoms with Gasteiger partial charge in [0.1, 0.15) is 16.7 Å². The van der Waals surface area contributed by atoms with E-state index in [2.05, 4.69) is 35.3 Å². The zero-order valence-electron chi connectivity index (χ0n) is 20.2. The van der Waals surface area contributed by atoms with Gasteiger partial charge in [0.05, 0.1) is 32.4 Å². The Labute approximate surface area is 200 Å². The van der Waals surface area contributed by atoms with Crippen LogP contribution in [0.2, 0.25) is 29.7 Å². The van der Waals surface area contributed by atoms with Crippen molar-refractivity contribution in [3.63, 3.8) is 0 Å². The number of hydrogen-bond donors (Lipinski definition) is 2. The summed E-state index contributed by atoms with van der Waals surface area (Å²) in [6.07, 6.45) is 2.95. The summed E-state index contributed by atoms with van der Waals surface area (Å²) in [6, 6.07) is 2.50. The van der Waals surface area contributed by atoms with E-state index in [9.17, 15) is 14.0 Å². The van der Waals surface area contributed by atoms with E-state index in [0.717, 1.165) is 30.4 Å². The third-order valence-electron chi connectivity index (χ3n) is 7.86. The van der Waals surface area contributed by atoms with Gasteiger partial charge in [0.15, 0.2) is 0 Å². The van der Waals surface area contributed by atoms with E-state index in [4.69, 9.17) is 11.6 Å². The molecule has 4 rings (SSSR count). The molecule has 1 aromatic rings. The SMILES string of the molecule is Cc1ccc(F)c(Cl)c1NC(=O)N1CC2=C(CN=C2NC(=O)C2([Si](C)(C)C)CCC2)C1(C)C. The Bertz CT molecular complexity index is 1100. The normalized spacial score (nSPS) is 20.8. The van der Waals surface area contributed by atoms with Crippen LogP contribution in [0.15, 0.2) is 28.3 Å². The summed E-state index contributed by atoms with van der Waals surface area (Å²) < 4.78 is 14.0. The molecule has 1 aromatic carbocycles. The number of rotatable bonds is 3. The predicted molar refractivity (Wildman–Crippen MR) is 133 cm³/mol. The van der Waals surface area contributed by atoms with Gasteiger partial charge in [0.2, 0.25) is 5.91 Å². The first-order valence-electron chi connectivity index (χ1n) is 11.4. The van der Waals surface area contributed by atoms with E-state index >= 15 is 0 Å². The van der Waals surface area contributed by atoms with E-state index in [1.807, 2.05) is 13.8 Å². The molecule has 1 aliphatic carbocycles. The van der Waals surface area contributed by atoms with E-state index in [0.29, 0.717) is 24.5 Å². The Hall–Kier alpha value is -2.19. The molecule has 0 spiro atoms. The minimum atomic E-state index is -1.71. The number of halogens is 2. The molecule has 33 heavy (non-hydrogen) atoms. The van der Waals surface area contributed by atoms with Crippen molar-refractivity contribution in [2.45, 2.75) is 70.3 Å². The van der Waals surface area contributed by atoms with Crippen molar-refractivity contribution >= 4 is 43.1 Å². The average molecular weight is 491 g/mol. The van der Waals surface area contributed by atoms with Crippen molar-refractivity contribution in [1.82, 2.24) is 10.2 Å². The minimum absolute atomic E-state index is 0.0725. The van der Waals surface area contributed by atoms with Gasteiger partial charge in [-0.25, -0.2) is 9.18 Å². The molecule has 6 nitrogen and oxygen atoms in total. The van der Waals surface area contributed by atoms with Crippen LogP contribution in [0.25, 0.3) is 0 Å². The molecule has 0 saturated heterocycles. The van der Waals surface area contributed by atoms with E-state index < -0.39 is 19.4 Å². The van der Waals surface area contributed by atoms with Gasteiger partial charge in [0.25, 0.3) is 0 Å². The maximum Gasteiger partial charge on any atom is 0.322 e. The maximum atomic E-state index is 14.0. The van der Waals surface area contributed by atoms with E-state index in [1.165, 1.54) is 6.07 Å². The van der Waals surface area contributed by atoms with Gasteiger partial charge < -0.3 is 15.5 Å². The zero-order valence-corrected chi connectivity index (χ0v) is 21.9. The highest BCUT2D eigenvalue weighted by molar-refractivity contribution is 6.82. The number of carbonyl (C=O) groups is 2. The number of aryl methyl sites for hydroxylation is 1. The smallest absolute Gasteiger partial charge is 0.311 e. The monoisotopic (exact) mass is 490 g/mol. The molecule has 0 radical (unpaired) electrons. The van der Waals surface area contributed by atoms with Crippen molar-refractivity contribution < 1.29 is 14.0 Å². The van der Waals surface area contributed by atoms with Gasteiger partial charge in [-0.1, -0.05) is 43.7 Å². The van der Waals surface area contributed by atoms with Crippen LogP contribution < -0.4 is 10.6 Å². The highest BCUT2D eigenvalue weighted by atomic mass is 35.5. The van der Waals surface area contributed by atoms with Gasteiger partial charge in [-0.15, -0.1) is 0 Å². The summed E-state index contributed by atoms with van der Waals surface area (Å²) in [6.45, 7) is 13.2. The van der Waals surface area contributed by atoms with Crippen molar-refractivity contribution in [3.05, 3.63) is 39.7 Å². The Kier molecular flexibility index (Phi) is 5.76. The molecule has 2 N–H and O–H groups in total. The highest BCUT2D eigenvalue weighted by Gasteiger charge is 2.54. The standard InChI is InChI=1S/C24H32ClFN4O2Si/c1-14-8-9-17(26)18(25)19(14)28-22(32)30-13-15-16(23(30,2)3)12-27-20(15)29-21(31)24(10-7-11-24)33(4,5)6/h8-9H,7,10-13H2,1-6H3,(H,28,32)(H,27,29,31). The fourth-order valence-electron chi connectivity index (χ4n) is 5.23. The Balaban J connectivity index is 1.53. The molecule has 1 saturated carbocycles. The van der Waals surface area contributed by atoms with Crippen LogP contribution in [0, 0.1) is 12.7 Å². The van der Waals surface area contributed by atoms with Crippen LogP contribution in [0.1, 0.15) is 38.7 Å². The molecule has 178 valence electrons. The van der Waals surface area contributed by atoms with Crippen LogP contribution in [0.3, 0.4) is 0 Å². The Morgan fingerprint density at radius 1 is 1.18 bits per heavy atom. The Morgan fingerprint density at radius 2 is 1.85 bits per heavy atom. The molecule has 1 fully saturated rings. The summed E-state index contributed by atoms with van der Waals surface area (Å²) in [7, 11) is -1.71. The molecular weight excluding hydrogens is 459 g/mol. The number of benzene rings is 1. The largest absolute Gasteiger partial charge is 0.322 e. The molecule has 3 aliphatic rings. The minimum Gasteiger partial charge on any atom is -0.311 e. The van der Waals surface area contributed by atoms with Gasteiger partial charge in [0, 0.05) is 10.6 Å². The highest BCUT2D eigenvalue weighted by Crippen LogP contribution is 2.55. The number of aliphatic imine (C=N–C) groups is 1. The number of amides is 3. The number of anilines is 1. The molecule has 0 bridgehead atoms. The van der Waals surface area contributed by atoms with Crippen molar-refractivity contribution in [1.29, 1.82) is 0 Å². The number of nitrogens with one attached hydrogen (secondary N) is 2. The second kappa shape index (κ2) is 7.94. The zero-order chi connectivity index (χ0) is 24.3. The molecular formula is C24H32ClFN4O2Si. The molecule has 2 heterocycles. The fourth-order valence-corrected chi connectivity index (χ4v) is 8.09. The molecule has 0 aromatic heterocycles. The molecule has 2 aliphatic heterocycles. The number of amidine groups is 1. The van der Waals surface area contributed by atoms with Crippen LogP contribution in [0.5, 0.6) is 0 Å². The van der Waals surface area contributed by atoms with Crippen molar-refractivity contribution in [2.24, 2.45) is 4.99 Å². The number of urea groups is 1. The molecule has 0 atom stereocenters. The van der Waals surface area contributed by atoms with Crippen LogP contribution in [-0.4, -0.2) is 49.4 Å². The molecule has 0 unspecified atom stereocenters. The van der Waals surface area contributed by atoms with Crippen LogP contribution in [0.4, 0.5) is 14.9 Å². The first-order chi connectivity index (χ1) is 15.3. The maximum absolute atomic E-state index is 14.0. The van der Waals surface area contributed by atoms with Crippen molar-refractivity contribution in [3.8, 4) is 0 Å². The number of carbonyl (C=O) groups excluding carboxylic acids is 2. The van der Waals surface area contributed by atoms with Gasteiger partial charge in [-0.05, 0) is 50.8 Å². The quantitative estimate of drug-likeness (QED) is 0.549. The lowest BCUT2D eigenvalue weighted by molar-refractivity contribution is -0.125. The Morgan fingerprint density at radius 3 is 2.42 bits per heavy atom. The lowest BCUT2D eigenvalue weighted by atomic mass is 9.83. The topological polar surface area (TPSA) is 73.8 Å². The van der Waals surface area contributed by atoms with E-state index in [-0.39, 0.29) is 27.7 Å². The van der Waals surface area contributed by atoms with Crippen molar-refractivity contribution in [2.75, 3.05) is 18.4 Å². The first-order valence-corrected chi connectivity index (χ1v) is 15.3. The average Bonchev–Trinajstić information content (AvgIpc) is 3.18. The lowest BCUT2D eigenvalue weighted by Gasteiger charge is -2.49. The molecule has 3 amide bonds. The molecule has 9 heteroatoms. The second-order valence-electron chi connectivity index (χ2n) is 10.9. The van der Waals surface area contributed by atoms with Gasteiger partial charge in [-0.3, -0.25) is 9.79 Å². The number of nitrogens with zero attached hydrogens (tertiary/aromatic N) is 2. The van der Waals surface area contributed by atoms with Gasteiger partial charge in [-0.2, -0.15) is 0 Å². The summed E-state index contributed by atoms with van der Waals surface area (Å²) in [5.74, 6) is 0.0782. The van der Waals surface area contributed by atoms with Crippen LogP contribution >= 0.6 is 11.6 Å². The van der Waals surface area contributed by atoms with E-state index in [1.54, 1.807) is 17.9 Å². The summed E-state index contributed by atoms with van der Waals surface area (Å²) >= 11 is 6.11. The lowest BCUT2D eigenvalue weighted by Crippen LogP contribution is -2.55. The van der Waals surface area contributed by atoms with Gasteiger partial charge >= 0.3 is 6.03 Å². The number of hydrogen-bond acceptors (Lipinski definition) is 3. The summed E-state index contributed by atoms with van der Waals surface area (Å²) in [4.78, 5) is 32.9. The van der Waals surface area contributed by atoms with Crippen LogP contribution in [-0.2, 0) is 4.79 Å². The summed E-state index contributed by atoms with van der Waals surface area (Å²) in [5, 5.41) is 5.56.